The zero-order valence-electron chi connectivity index (χ0n) is 13.7. The number of nitrogens with one attached hydrogen (secondary N) is 1. The highest BCUT2D eigenvalue weighted by molar-refractivity contribution is 5.77. The Balaban J connectivity index is 2.13. The molecule has 0 atom stereocenters. The Morgan fingerprint density at radius 3 is 2.32 bits per heavy atom. The van der Waals surface area contributed by atoms with Crippen LogP contribution in [0.25, 0.3) is 5.70 Å². The number of aryl methyl sites for hydroxylation is 1. The second-order valence-electron chi connectivity index (χ2n) is 5.84. The van der Waals surface area contributed by atoms with E-state index in [0.717, 1.165) is 35.4 Å². The van der Waals surface area contributed by atoms with E-state index in [9.17, 15) is 0 Å². The molecule has 0 heterocycles. The summed E-state index contributed by atoms with van der Waals surface area (Å²) < 4.78 is 0. The van der Waals surface area contributed by atoms with Gasteiger partial charge in [-0.05, 0) is 43.0 Å². The van der Waals surface area contributed by atoms with E-state index in [0.29, 0.717) is 0 Å². The number of rotatable bonds is 7. The first-order valence-electron chi connectivity index (χ1n) is 7.87. The highest BCUT2D eigenvalue weighted by atomic mass is 14.9. The first-order chi connectivity index (χ1) is 10.6. The predicted molar refractivity (Wildman–Crippen MR) is 98.1 cm³/mol. The van der Waals surface area contributed by atoms with Crippen molar-refractivity contribution in [2.24, 2.45) is 0 Å². The van der Waals surface area contributed by atoms with Gasteiger partial charge in [-0.15, -0.1) is 0 Å². The van der Waals surface area contributed by atoms with Gasteiger partial charge in [-0.2, -0.15) is 0 Å². The lowest BCUT2D eigenvalue weighted by Gasteiger charge is -2.14. The summed E-state index contributed by atoms with van der Waals surface area (Å²) in [6.07, 6.45) is 3.18. The molecule has 0 radical (unpaired) electrons. The lowest BCUT2D eigenvalue weighted by Crippen LogP contribution is -2.01. The Morgan fingerprint density at radius 1 is 1.00 bits per heavy atom. The van der Waals surface area contributed by atoms with Gasteiger partial charge in [-0.25, -0.2) is 0 Å². The Morgan fingerprint density at radius 2 is 1.68 bits per heavy atom. The monoisotopic (exact) mass is 291 g/mol. The molecule has 0 saturated carbocycles. The predicted octanol–water partition coefficient (Wildman–Crippen LogP) is 5.84. The average Bonchev–Trinajstić information content (AvgIpc) is 2.49. The lowest BCUT2D eigenvalue weighted by atomic mass is 9.99. The van der Waals surface area contributed by atoms with Crippen LogP contribution in [0.3, 0.4) is 0 Å². The minimum absolute atomic E-state index is 0.881. The normalized spacial score (nSPS) is 10.3. The maximum Gasteiger partial charge on any atom is 0.0387 e. The Labute approximate surface area is 134 Å². The van der Waals surface area contributed by atoms with E-state index in [-0.39, 0.29) is 0 Å². The maximum absolute atomic E-state index is 4.21. The molecule has 22 heavy (non-hydrogen) atoms. The van der Waals surface area contributed by atoms with Crippen LogP contribution in [0.15, 0.2) is 67.3 Å². The van der Waals surface area contributed by atoms with Gasteiger partial charge in [0.15, 0.2) is 0 Å². The summed E-state index contributed by atoms with van der Waals surface area (Å²) in [7, 11) is 0. The molecule has 0 aliphatic heterocycles. The summed E-state index contributed by atoms with van der Waals surface area (Å²) in [6, 6.07) is 17.0. The molecule has 2 aromatic carbocycles. The van der Waals surface area contributed by atoms with Crippen molar-refractivity contribution in [3.63, 3.8) is 0 Å². The van der Waals surface area contributed by atoms with Crippen LogP contribution in [0.4, 0.5) is 5.69 Å². The zero-order chi connectivity index (χ0) is 15.9. The first kappa shape index (κ1) is 16.1. The summed E-state index contributed by atoms with van der Waals surface area (Å²) in [5.74, 6) is 0. The van der Waals surface area contributed by atoms with Crippen molar-refractivity contribution in [2.45, 2.75) is 33.1 Å². The van der Waals surface area contributed by atoms with Crippen molar-refractivity contribution >= 4 is 11.4 Å². The van der Waals surface area contributed by atoms with E-state index in [1.54, 1.807) is 0 Å². The van der Waals surface area contributed by atoms with Crippen LogP contribution in [-0.2, 0) is 12.8 Å². The number of anilines is 1. The van der Waals surface area contributed by atoms with Crippen molar-refractivity contribution < 1.29 is 0 Å². The third-order valence-electron chi connectivity index (χ3n) is 3.62. The SMILES string of the molecule is C=C(C)Cc1ccccc1C(=C)Nc1ccc(CCC)cc1. The molecule has 1 N–H and O–H groups in total. The third-order valence-corrected chi connectivity index (χ3v) is 3.62. The number of hydrogen-bond acceptors (Lipinski definition) is 1. The van der Waals surface area contributed by atoms with E-state index >= 15 is 0 Å². The van der Waals surface area contributed by atoms with Crippen molar-refractivity contribution in [3.8, 4) is 0 Å². The van der Waals surface area contributed by atoms with Gasteiger partial charge in [0, 0.05) is 16.9 Å². The number of hydrogen-bond donors (Lipinski definition) is 1. The van der Waals surface area contributed by atoms with Gasteiger partial charge in [-0.1, -0.05) is 68.5 Å². The highest BCUT2D eigenvalue weighted by Crippen LogP contribution is 2.22. The molecule has 0 fully saturated rings. The van der Waals surface area contributed by atoms with Crippen LogP contribution in [-0.4, -0.2) is 0 Å². The Hall–Kier alpha value is -2.28. The molecule has 0 unspecified atom stereocenters. The van der Waals surface area contributed by atoms with Gasteiger partial charge in [0.25, 0.3) is 0 Å². The van der Waals surface area contributed by atoms with E-state index < -0.39 is 0 Å². The van der Waals surface area contributed by atoms with Crippen molar-refractivity contribution in [2.75, 3.05) is 5.32 Å². The zero-order valence-corrected chi connectivity index (χ0v) is 13.7. The maximum atomic E-state index is 4.21. The van der Waals surface area contributed by atoms with Crippen LogP contribution < -0.4 is 5.32 Å². The lowest BCUT2D eigenvalue weighted by molar-refractivity contribution is 0.922. The molecule has 0 aromatic heterocycles. The molecule has 0 bridgehead atoms. The summed E-state index contributed by atoms with van der Waals surface area (Å²) in [5, 5.41) is 3.42. The van der Waals surface area contributed by atoms with Gasteiger partial charge in [0.1, 0.15) is 0 Å². The number of allylic oxidation sites excluding steroid dienone is 1. The van der Waals surface area contributed by atoms with Gasteiger partial charge < -0.3 is 5.32 Å². The van der Waals surface area contributed by atoms with Crippen LogP contribution in [0, 0.1) is 0 Å². The minimum atomic E-state index is 0.881. The highest BCUT2D eigenvalue weighted by Gasteiger charge is 2.06. The van der Waals surface area contributed by atoms with E-state index in [1.807, 2.05) is 0 Å². The minimum Gasteiger partial charge on any atom is -0.356 e. The fourth-order valence-corrected chi connectivity index (χ4v) is 2.58. The van der Waals surface area contributed by atoms with Gasteiger partial charge in [0.2, 0.25) is 0 Å². The molecule has 2 rings (SSSR count). The summed E-state index contributed by atoms with van der Waals surface area (Å²) in [5.41, 5.74) is 6.96. The van der Waals surface area contributed by atoms with E-state index in [2.05, 4.69) is 80.9 Å². The largest absolute Gasteiger partial charge is 0.356 e. The smallest absolute Gasteiger partial charge is 0.0387 e. The third kappa shape index (κ3) is 4.36. The van der Waals surface area contributed by atoms with Gasteiger partial charge >= 0.3 is 0 Å². The molecule has 0 spiro atoms. The molecular weight excluding hydrogens is 266 g/mol. The molecule has 0 amide bonds. The van der Waals surface area contributed by atoms with Gasteiger partial charge in [0.05, 0.1) is 0 Å². The first-order valence-corrected chi connectivity index (χ1v) is 7.87. The van der Waals surface area contributed by atoms with Gasteiger partial charge in [-0.3, -0.25) is 0 Å². The second kappa shape index (κ2) is 7.65. The Kier molecular flexibility index (Phi) is 5.60. The van der Waals surface area contributed by atoms with E-state index in [1.165, 1.54) is 17.5 Å². The second-order valence-corrected chi connectivity index (χ2v) is 5.84. The Bertz CT molecular complexity index is 650. The van der Waals surface area contributed by atoms with E-state index in [4.69, 9.17) is 0 Å². The summed E-state index contributed by atoms with van der Waals surface area (Å²) in [4.78, 5) is 0. The average molecular weight is 291 g/mol. The number of benzene rings is 2. The van der Waals surface area contributed by atoms with Crippen molar-refractivity contribution in [1.82, 2.24) is 0 Å². The molecule has 1 heteroatoms. The molecule has 1 nitrogen and oxygen atoms in total. The molecule has 0 aliphatic rings. The summed E-state index contributed by atoms with van der Waals surface area (Å²) >= 11 is 0. The standard InChI is InChI=1S/C21H25N/c1-5-8-18-11-13-20(14-12-18)22-17(4)21-10-7-6-9-19(21)15-16(2)3/h6-7,9-14,22H,2,4-5,8,15H2,1,3H3. The van der Waals surface area contributed by atoms with Crippen LogP contribution in [0.1, 0.15) is 37.0 Å². The van der Waals surface area contributed by atoms with Crippen LogP contribution >= 0.6 is 0 Å². The fraction of sp³-hybridized carbons (Fsp3) is 0.238. The van der Waals surface area contributed by atoms with Crippen molar-refractivity contribution in [1.29, 1.82) is 0 Å². The molecule has 0 aliphatic carbocycles. The summed E-state index contributed by atoms with van der Waals surface area (Å²) in [6.45, 7) is 12.5. The molecule has 2 aromatic rings. The van der Waals surface area contributed by atoms with Crippen molar-refractivity contribution in [3.05, 3.63) is 84.0 Å². The fourth-order valence-electron chi connectivity index (χ4n) is 2.58. The van der Waals surface area contributed by atoms with Crippen LogP contribution in [0.5, 0.6) is 0 Å². The van der Waals surface area contributed by atoms with Crippen LogP contribution in [0.2, 0.25) is 0 Å². The quantitative estimate of drug-likeness (QED) is 0.632. The molecule has 114 valence electrons. The molecular formula is C21H25N. The molecule has 0 saturated heterocycles. The topological polar surface area (TPSA) is 12.0 Å².